The van der Waals surface area contributed by atoms with Crippen molar-refractivity contribution >= 4 is 5.91 Å². The molecule has 1 atom stereocenters. The maximum absolute atomic E-state index is 12.3. The van der Waals surface area contributed by atoms with Crippen LogP contribution >= 0.6 is 0 Å². The molecule has 22 heavy (non-hydrogen) atoms. The molecule has 6 nitrogen and oxygen atoms in total. The molecule has 0 saturated carbocycles. The first kappa shape index (κ1) is 15.3. The second-order valence-electron chi connectivity index (χ2n) is 5.74. The predicted octanol–water partition coefficient (Wildman–Crippen LogP) is 0.0761. The van der Waals surface area contributed by atoms with Gasteiger partial charge >= 0.3 is 0 Å². The fourth-order valence-corrected chi connectivity index (χ4v) is 2.89. The van der Waals surface area contributed by atoms with Crippen LogP contribution < -0.4 is 15.6 Å². The summed E-state index contributed by atoms with van der Waals surface area (Å²) in [4.78, 5) is 16.6. The van der Waals surface area contributed by atoms with Gasteiger partial charge in [0.25, 0.3) is 0 Å². The molecule has 1 aromatic carbocycles. The van der Waals surface area contributed by atoms with Gasteiger partial charge in [-0.05, 0) is 18.6 Å². The van der Waals surface area contributed by atoms with E-state index in [1.165, 1.54) is 0 Å². The van der Waals surface area contributed by atoms with E-state index in [0.717, 1.165) is 51.4 Å². The third-order valence-corrected chi connectivity index (χ3v) is 4.24. The van der Waals surface area contributed by atoms with Crippen molar-refractivity contribution in [2.75, 3.05) is 45.9 Å². The number of para-hydroxylation sites is 1. The van der Waals surface area contributed by atoms with Crippen LogP contribution in [0.25, 0.3) is 0 Å². The lowest BCUT2D eigenvalue weighted by Gasteiger charge is -2.35. The molecule has 120 valence electrons. The molecule has 1 aromatic rings. The average molecular weight is 304 g/mol. The number of ether oxygens (including phenoxy) is 1. The molecule has 2 fully saturated rings. The minimum atomic E-state index is -0.0482. The highest BCUT2D eigenvalue weighted by Crippen LogP contribution is 2.10. The molecule has 2 aliphatic rings. The van der Waals surface area contributed by atoms with Crippen molar-refractivity contribution in [3.05, 3.63) is 30.3 Å². The van der Waals surface area contributed by atoms with E-state index >= 15 is 0 Å². The van der Waals surface area contributed by atoms with Crippen LogP contribution in [-0.4, -0.2) is 67.6 Å². The summed E-state index contributed by atoms with van der Waals surface area (Å²) in [5, 5.41) is 0. The number of amides is 1. The van der Waals surface area contributed by atoms with Gasteiger partial charge in [0.1, 0.15) is 18.4 Å². The Hall–Kier alpha value is -1.63. The summed E-state index contributed by atoms with van der Waals surface area (Å²) in [6.45, 7) is 5.91. The molecule has 0 bridgehead atoms. The molecule has 2 aliphatic heterocycles. The van der Waals surface area contributed by atoms with Gasteiger partial charge in [0, 0.05) is 39.3 Å². The molecule has 1 unspecified atom stereocenters. The van der Waals surface area contributed by atoms with E-state index < -0.39 is 0 Å². The molecule has 2 heterocycles. The Bertz CT molecular complexity index is 468. The van der Waals surface area contributed by atoms with Crippen molar-refractivity contribution in [3.8, 4) is 5.75 Å². The Morgan fingerprint density at radius 3 is 2.64 bits per heavy atom. The standard InChI is InChI=1S/C16H24N4O2/c21-16(15-6-7-17-18-15)20-10-8-19(9-11-20)12-13-22-14-4-2-1-3-5-14/h1-5,15,17-18H,6-13H2. The van der Waals surface area contributed by atoms with Crippen molar-refractivity contribution in [2.24, 2.45) is 0 Å². The van der Waals surface area contributed by atoms with E-state index in [4.69, 9.17) is 4.74 Å². The number of hydrogen-bond donors (Lipinski definition) is 2. The second kappa shape index (κ2) is 7.58. The highest BCUT2D eigenvalue weighted by molar-refractivity contribution is 5.82. The zero-order chi connectivity index (χ0) is 15.2. The van der Waals surface area contributed by atoms with E-state index in [1.54, 1.807) is 0 Å². The number of carbonyl (C=O) groups excluding carboxylic acids is 1. The lowest BCUT2D eigenvalue weighted by Crippen LogP contribution is -2.54. The van der Waals surface area contributed by atoms with E-state index in [2.05, 4.69) is 15.8 Å². The summed E-state index contributed by atoms with van der Waals surface area (Å²) in [6.07, 6.45) is 0.879. The summed E-state index contributed by atoms with van der Waals surface area (Å²) in [5.74, 6) is 1.14. The fraction of sp³-hybridized carbons (Fsp3) is 0.562. The Morgan fingerprint density at radius 1 is 1.18 bits per heavy atom. The summed E-state index contributed by atoms with van der Waals surface area (Å²) < 4.78 is 5.72. The number of carbonyl (C=O) groups is 1. The SMILES string of the molecule is O=C(C1CCNN1)N1CCN(CCOc2ccccc2)CC1. The third-order valence-electron chi connectivity index (χ3n) is 4.24. The Balaban J connectivity index is 1.36. The maximum atomic E-state index is 12.3. The summed E-state index contributed by atoms with van der Waals surface area (Å²) in [7, 11) is 0. The van der Waals surface area contributed by atoms with Crippen LogP contribution in [0.3, 0.4) is 0 Å². The van der Waals surface area contributed by atoms with Crippen LogP contribution in [0.5, 0.6) is 5.75 Å². The minimum Gasteiger partial charge on any atom is -0.492 e. The molecule has 2 N–H and O–H groups in total. The zero-order valence-corrected chi connectivity index (χ0v) is 12.8. The number of nitrogens with one attached hydrogen (secondary N) is 2. The van der Waals surface area contributed by atoms with Gasteiger partial charge in [0.2, 0.25) is 5.91 Å². The normalized spacial score (nSPS) is 22.7. The number of rotatable bonds is 5. The Labute approximate surface area is 131 Å². The van der Waals surface area contributed by atoms with E-state index in [9.17, 15) is 4.79 Å². The van der Waals surface area contributed by atoms with Gasteiger partial charge < -0.3 is 9.64 Å². The molecule has 1 amide bonds. The average Bonchev–Trinajstić information content (AvgIpc) is 3.10. The summed E-state index contributed by atoms with van der Waals surface area (Å²) in [6, 6.07) is 9.83. The van der Waals surface area contributed by atoms with E-state index in [-0.39, 0.29) is 11.9 Å². The van der Waals surface area contributed by atoms with E-state index in [1.807, 2.05) is 35.2 Å². The molecule has 0 radical (unpaired) electrons. The van der Waals surface area contributed by atoms with E-state index in [0.29, 0.717) is 6.61 Å². The molecule has 2 saturated heterocycles. The molecule has 3 rings (SSSR count). The molecule has 0 spiro atoms. The van der Waals surface area contributed by atoms with Crippen LogP contribution in [0.4, 0.5) is 0 Å². The molecule has 0 aliphatic carbocycles. The van der Waals surface area contributed by atoms with Gasteiger partial charge in [-0.25, -0.2) is 5.43 Å². The van der Waals surface area contributed by atoms with Crippen LogP contribution in [0.1, 0.15) is 6.42 Å². The highest BCUT2D eigenvalue weighted by Gasteiger charge is 2.29. The molecule has 6 heteroatoms. The predicted molar refractivity (Wildman–Crippen MR) is 84.5 cm³/mol. The molecule has 0 aromatic heterocycles. The first-order valence-corrected chi connectivity index (χ1v) is 8.00. The van der Waals surface area contributed by atoms with Gasteiger partial charge in [-0.1, -0.05) is 18.2 Å². The largest absolute Gasteiger partial charge is 0.492 e. The first-order valence-electron chi connectivity index (χ1n) is 8.00. The lowest BCUT2D eigenvalue weighted by atomic mass is 10.2. The third kappa shape index (κ3) is 3.97. The Kier molecular flexibility index (Phi) is 5.26. The van der Waals surface area contributed by atoms with Crippen molar-refractivity contribution in [1.82, 2.24) is 20.7 Å². The Morgan fingerprint density at radius 2 is 1.95 bits per heavy atom. The van der Waals surface area contributed by atoms with Gasteiger partial charge in [-0.3, -0.25) is 15.1 Å². The number of hydrazine groups is 1. The first-order chi connectivity index (χ1) is 10.8. The number of benzene rings is 1. The van der Waals surface area contributed by atoms with Crippen molar-refractivity contribution < 1.29 is 9.53 Å². The van der Waals surface area contributed by atoms with Crippen molar-refractivity contribution in [1.29, 1.82) is 0 Å². The van der Waals surface area contributed by atoms with Gasteiger partial charge in [0.05, 0.1) is 0 Å². The number of piperazine rings is 1. The smallest absolute Gasteiger partial charge is 0.241 e. The van der Waals surface area contributed by atoms with Crippen LogP contribution in [0, 0.1) is 0 Å². The van der Waals surface area contributed by atoms with Gasteiger partial charge in [-0.2, -0.15) is 0 Å². The fourth-order valence-electron chi connectivity index (χ4n) is 2.89. The monoisotopic (exact) mass is 304 g/mol. The van der Waals surface area contributed by atoms with Crippen molar-refractivity contribution in [3.63, 3.8) is 0 Å². The van der Waals surface area contributed by atoms with Crippen LogP contribution in [0.2, 0.25) is 0 Å². The second-order valence-corrected chi connectivity index (χ2v) is 5.74. The van der Waals surface area contributed by atoms with Crippen LogP contribution in [0.15, 0.2) is 30.3 Å². The lowest BCUT2D eigenvalue weighted by molar-refractivity contribution is -0.134. The maximum Gasteiger partial charge on any atom is 0.241 e. The zero-order valence-electron chi connectivity index (χ0n) is 12.8. The quantitative estimate of drug-likeness (QED) is 0.807. The van der Waals surface area contributed by atoms with Gasteiger partial charge in [-0.15, -0.1) is 0 Å². The highest BCUT2D eigenvalue weighted by atomic mass is 16.5. The summed E-state index contributed by atoms with van der Waals surface area (Å²) >= 11 is 0. The minimum absolute atomic E-state index is 0.0482. The summed E-state index contributed by atoms with van der Waals surface area (Å²) in [5.41, 5.74) is 6.06. The molecular formula is C16H24N4O2. The number of nitrogens with zero attached hydrogens (tertiary/aromatic N) is 2. The number of hydrogen-bond acceptors (Lipinski definition) is 5. The van der Waals surface area contributed by atoms with Gasteiger partial charge in [0.15, 0.2) is 0 Å². The van der Waals surface area contributed by atoms with Crippen LogP contribution in [-0.2, 0) is 4.79 Å². The molecular weight excluding hydrogens is 280 g/mol. The van der Waals surface area contributed by atoms with Crippen molar-refractivity contribution in [2.45, 2.75) is 12.5 Å². The topological polar surface area (TPSA) is 56.8 Å².